The van der Waals surface area contributed by atoms with Gasteiger partial charge in [0.25, 0.3) is 0 Å². The van der Waals surface area contributed by atoms with E-state index in [1.165, 1.54) is 0 Å². The van der Waals surface area contributed by atoms with Crippen molar-refractivity contribution in [3.8, 4) is 0 Å². The molecular formula is C15H24N2O3S. The summed E-state index contributed by atoms with van der Waals surface area (Å²) in [5, 5.41) is 2.88. The van der Waals surface area contributed by atoms with Crippen molar-refractivity contribution in [2.24, 2.45) is 5.92 Å². The molecule has 0 aromatic heterocycles. The third kappa shape index (κ3) is 6.62. The number of carbonyl (C=O) groups is 1. The summed E-state index contributed by atoms with van der Waals surface area (Å²) in [6, 6.07) is 6.64. The molecule has 1 rings (SSSR count). The van der Waals surface area contributed by atoms with Gasteiger partial charge in [0.05, 0.1) is 6.26 Å². The second-order valence-corrected chi connectivity index (χ2v) is 6.94. The molecule has 0 aliphatic rings. The van der Waals surface area contributed by atoms with Gasteiger partial charge >= 0.3 is 0 Å². The standard InChI is InChI=1S/C15H24N2O3S/c1-4-6-7-12(5-2)15(18)16-13-8-10-14(11-9-13)17-21(3,19)20/h8-12,17H,4-7H2,1-3H3,(H,16,18). The number of nitrogens with one attached hydrogen (secondary N) is 2. The van der Waals surface area contributed by atoms with Crippen molar-refractivity contribution in [1.82, 2.24) is 0 Å². The SMILES string of the molecule is CCCCC(CC)C(=O)Nc1ccc(NS(C)(=O)=O)cc1. The molecule has 1 aromatic carbocycles. The first-order valence-corrected chi connectivity index (χ1v) is 9.13. The molecule has 0 saturated carbocycles. The lowest BCUT2D eigenvalue weighted by molar-refractivity contribution is -0.120. The van der Waals surface area contributed by atoms with E-state index in [-0.39, 0.29) is 11.8 Å². The molecule has 1 atom stereocenters. The highest BCUT2D eigenvalue weighted by atomic mass is 32.2. The molecule has 1 unspecified atom stereocenters. The van der Waals surface area contributed by atoms with Gasteiger partial charge < -0.3 is 5.32 Å². The molecule has 118 valence electrons. The maximum absolute atomic E-state index is 12.1. The minimum Gasteiger partial charge on any atom is -0.326 e. The second-order valence-electron chi connectivity index (χ2n) is 5.19. The lowest BCUT2D eigenvalue weighted by Gasteiger charge is -2.14. The number of sulfonamides is 1. The molecule has 0 heterocycles. The number of unbranched alkanes of at least 4 members (excludes halogenated alkanes) is 1. The fourth-order valence-corrected chi connectivity index (χ4v) is 2.62. The van der Waals surface area contributed by atoms with Crippen LogP contribution in [0.15, 0.2) is 24.3 Å². The summed E-state index contributed by atoms with van der Waals surface area (Å²) in [6.45, 7) is 4.12. The van der Waals surface area contributed by atoms with Gasteiger partial charge in [-0.15, -0.1) is 0 Å². The van der Waals surface area contributed by atoms with Gasteiger partial charge in [-0.05, 0) is 37.1 Å². The van der Waals surface area contributed by atoms with E-state index in [4.69, 9.17) is 0 Å². The molecular weight excluding hydrogens is 288 g/mol. The first-order valence-electron chi connectivity index (χ1n) is 7.24. The average Bonchev–Trinajstić information content (AvgIpc) is 2.40. The number of rotatable bonds is 8. The smallest absolute Gasteiger partial charge is 0.229 e. The Kier molecular flexibility index (Phi) is 6.68. The zero-order valence-corrected chi connectivity index (χ0v) is 13.7. The van der Waals surface area contributed by atoms with Crippen LogP contribution in [0.4, 0.5) is 11.4 Å². The number of hydrogen-bond donors (Lipinski definition) is 2. The third-order valence-electron chi connectivity index (χ3n) is 3.23. The summed E-state index contributed by atoms with van der Waals surface area (Å²) < 4.78 is 24.6. The minimum atomic E-state index is -3.28. The van der Waals surface area contributed by atoms with Crippen LogP contribution in [0.1, 0.15) is 39.5 Å². The van der Waals surface area contributed by atoms with E-state index < -0.39 is 10.0 Å². The van der Waals surface area contributed by atoms with Crippen molar-refractivity contribution in [1.29, 1.82) is 0 Å². The Bertz CT molecular complexity index is 553. The normalized spacial score (nSPS) is 12.7. The molecule has 0 aliphatic heterocycles. The van der Waals surface area contributed by atoms with Crippen molar-refractivity contribution in [3.05, 3.63) is 24.3 Å². The zero-order chi connectivity index (χ0) is 15.9. The van der Waals surface area contributed by atoms with Gasteiger partial charge in [-0.1, -0.05) is 26.7 Å². The Morgan fingerprint density at radius 3 is 2.19 bits per heavy atom. The first-order chi connectivity index (χ1) is 9.85. The zero-order valence-electron chi connectivity index (χ0n) is 12.8. The highest BCUT2D eigenvalue weighted by Gasteiger charge is 2.15. The van der Waals surface area contributed by atoms with Crippen LogP contribution >= 0.6 is 0 Å². The lowest BCUT2D eigenvalue weighted by Crippen LogP contribution is -2.22. The van der Waals surface area contributed by atoms with Crippen LogP contribution in [-0.4, -0.2) is 20.6 Å². The van der Waals surface area contributed by atoms with Crippen molar-refractivity contribution in [3.63, 3.8) is 0 Å². The largest absolute Gasteiger partial charge is 0.326 e. The molecule has 5 nitrogen and oxygen atoms in total. The number of carbonyl (C=O) groups excluding carboxylic acids is 1. The number of hydrogen-bond acceptors (Lipinski definition) is 3. The van der Waals surface area contributed by atoms with Gasteiger partial charge in [-0.2, -0.15) is 0 Å². The van der Waals surface area contributed by atoms with Crippen LogP contribution in [0.3, 0.4) is 0 Å². The summed E-state index contributed by atoms with van der Waals surface area (Å²) in [4.78, 5) is 12.1. The maximum Gasteiger partial charge on any atom is 0.229 e. The van der Waals surface area contributed by atoms with Crippen LogP contribution in [0.25, 0.3) is 0 Å². The van der Waals surface area contributed by atoms with Gasteiger partial charge in [0.1, 0.15) is 0 Å². The molecule has 0 radical (unpaired) electrons. The third-order valence-corrected chi connectivity index (χ3v) is 3.83. The van der Waals surface area contributed by atoms with E-state index in [1.54, 1.807) is 24.3 Å². The molecule has 0 spiro atoms. The second kappa shape index (κ2) is 8.02. The van der Waals surface area contributed by atoms with Gasteiger partial charge in [-0.25, -0.2) is 8.42 Å². The van der Waals surface area contributed by atoms with Gasteiger partial charge in [0, 0.05) is 17.3 Å². The number of anilines is 2. The van der Waals surface area contributed by atoms with E-state index in [9.17, 15) is 13.2 Å². The monoisotopic (exact) mass is 312 g/mol. The van der Waals surface area contributed by atoms with Gasteiger partial charge in [0.2, 0.25) is 15.9 Å². The van der Waals surface area contributed by atoms with E-state index in [0.29, 0.717) is 11.4 Å². The Morgan fingerprint density at radius 2 is 1.71 bits per heavy atom. The summed E-state index contributed by atoms with van der Waals surface area (Å²) in [6.07, 6.45) is 4.94. The Hall–Kier alpha value is -1.56. The van der Waals surface area contributed by atoms with Crippen LogP contribution in [0.5, 0.6) is 0 Å². The summed E-state index contributed by atoms with van der Waals surface area (Å²) in [7, 11) is -3.28. The van der Waals surface area contributed by atoms with Crippen LogP contribution in [-0.2, 0) is 14.8 Å². The molecule has 2 N–H and O–H groups in total. The van der Waals surface area contributed by atoms with E-state index in [2.05, 4.69) is 17.0 Å². The Balaban J connectivity index is 2.64. The molecule has 0 fully saturated rings. The fourth-order valence-electron chi connectivity index (χ4n) is 2.05. The number of amides is 1. The molecule has 0 saturated heterocycles. The minimum absolute atomic E-state index is 0.0229. The molecule has 21 heavy (non-hydrogen) atoms. The Labute approximate surface area is 127 Å². The predicted molar refractivity (Wildman–Crippen MR) is 86.8 cm³/mol. The van der Waals surface area contributed by atoms with Crippen molar-refractivity contribution in [2.45, 2.75) is 39.5 Å². The molecule has 6 heteroatoms. The van der Waals surface area contributed by atoms with Crippen molar-refractivity contribution >= 4 is 27.3 Å². The van der Waals surface area contributed by atoms with Crippen LogP contribution in [0.2, 0.25) is 0 Å². The number of benzene rings is 1. The average molecular weight is 312 g/mol. The maximum atomic E-state index is 12.1. The van der Waals surface area contributed by atoms with Crippen LogP contribution in [0, 0.1) is 5.92 Å². The van der Waals surface area contributed by atoms with E-state index in [0.717, 1.165) is 31.9 Å². The molecule has 1 amide bonds. The molecule has 1 aromatic rings. The quantitative estimate of drug-likeness (QED) is 0.774. The van der Waals surface area contributed by atoms with E-state index in [1.807, 2.05) is 6.92 Å². The van der Waals surface area contributed by atoms with Crippen molar-refractivity contribution in [2.75, 3.05) is 16.3 Å². The summed E-state index contributed by atoms with van der Waals surface area (Å²) >= 11 is 0. The highest BCUT2D eigenvalue weighted by Crippen LogP contribution is 2.18. The van der Waals surface area contributed by atoms with Crippen LogP contribution < -0.4 is 10.0 Å². The predicted octanol–water partition coefficient (Wildman–Crippen LogP) is 3.21. The summed E-state index contributed by atoms with van der Waals surface area (Å²) in [5.74, 6) is 0.0496. The van der Waals surface area contributed by atoms with E-state index >= 15 is 0 Å². The first kappa shape index (κ1) is 17.5. The van der Waals surface area contributed by atoms with Gasteiger partial charge in [0.15, 0.2) is 0 Å². The summed E-state index contributed by atoms with van der Waals surface area (Å²) in [5.41, 5.74) is 1.16. The molecule has 0 aliphatic carbocycles. The Morgan fingerprint density at radius 1 is 1.14 bits per heavy atom. The van der Waals surface area contributed by atoms with Gasteiger partial charge in [-0.3, -0.25) is 9.52 Å². The topological polar surface area (TPSA) is 75.3 Å². The fraction of sp³-hybridized carbons (Fsp3) is 0.533. The molecule has 0 bridgehead atoms. The lowest BCUT2D eigenvalue weighted by atomic mass is 9.98. The van der Waals surface area contributed by atoms with Crippen molar-refractivity contribution < 1.29 is 13.2 Å². The highest BCUT2D eigenvalue weighted by molar-refractivity contribution is 7.92.